The Morgan fingerprint density at radius 2 is 1.93 bits per heavy atom. The average Bonchev–Trinajstić information content (AvgIpc) is 3.30. The summed E-state index contributed by atoms with van der Waals surface area (Å²) in [5.41, 5.74) is 13.7. The fourth-order valence-electron chi connectivity index (χ4n) is 3.38. The van der Waals surface area contributed by atoms with Crippen molar-refractivity contribution in [1.29, 1.82) is 0 Å². The Balaban J connectivity index is 1.62. The van der Waals surface area contributed by atoms with E-state index in [1.807, 2.05) is 12.1 Å². The number of aromatic nitrogens is 4. The molecule has 154 valence electrons. The molecule has 0 unspecified atom stereocenters. The van der Waals surface area contributed by atoms with Gasteiger partial charge in [0.05, 0.1) is 23.1 Å². The van der Waals surface area contributed by atoms with Crippen LogP contribution in [0.3, 0.4) is 0 Å². The predicted octanol–water partition coefficient (Wildman–Crippen LogP) is 1.88. The second-order valence-corrected chi connectivity index (χ2v) is 10.2. The summed E-state index contributed by atoms with van der Waals surface area (Å²) >= 11 is 1.58. The Labute approximate surface area is 173 Å². The van der Waals surface area contributed by atoms with Crippen LogP contribution >= 0.6 is 11.8 Å². The van der Waals surface area contributed by atoms with Gasteiger partial charge in [-0.1, -0.05) is 26.0 Å². The van der Waals surface area contributed by atoms with Gasteiger partial charge in [-0.15, -0.1) is 11.8 Å². The fraction of sp³-hybridized carbons (Fsp3) is 0.389. The molecule has 1 atom stereocenters. The van der Waals surface area contributed by atoms with E-state index >= 15 is 0 Å². The van der Waals surface area contributed by atoms with Crippen LogP contribution in [0.4, 0.5) is 11.8 Å². The summed E-state index contributed by atoms with van der Waals surface area (Å²) in [6.07, 6.45) is 1.60. The number of anilines is 2. The molecule has 0 bridgehead atoms. The van der Waals surface area contributed by atoms with Crippen molar-refractivity contribution in [3.05, 3.63) is 36.2 Å². The molecular formula is C18H23N7O2S2. The molecule has 1 fully saturated rings. The molecular weight excluding hydrogens is 410 g/mol. The highest BCUT2D eigenvalue weighted by molar-refractivity contribution is 8.00. The third-order valence-corrected chi connectivity index (χ3v) is 8.16. The van der Waals surface area contributed by atoms with Crippen molar-refractivity contribution in [2.75, 3.05) is 23.1 Å². The second kappa shape index (κ2) is 7.47. The standard InChI is InChI=1S/C18H23N7O2S2/c1-11(2)12-3-5-14(6-4-12)29(26,27)25-10-28-8-13(25)7-24-9-21-15-16(19)22-18(20)23-17(15)24/h3-6,9,11,13H,7-8,10H2,1-2H3,(H4,19,20,22,23)/t13-/m0/s1. The van der Waals surface area contributed by atoms with Gasteiger partial charge >= 0.3 is 0 Å². The monoisotopic (exact) mass is 433 g/mol. The first-order chi connectivity index (χ1) is 13.8. The first-order valence-electron chi connectivity index (χ1n) is 9.20. The van der Waals surface area contributed by atoms with Crippen LogP contribution in [0.25, 0.3) is 11.2 Å². The zero-order chi connectivity index (χ0) is 20.8. The Morgan fingerprint density at radius 1 is 1.21 bits per heavy atom. The van der Waals surface area contributed by atoms with Gasteiger partial charge in [0.1, 0.15) is 5.52 Å². The lowest BCUT2D eigenvalue weighted by atomic mass is 10.0. The number of hydrogen-bond acceptors (Lipinski definition) is 8. The number of thioether (sulfide) groups is 1. The maximum Gasteiger partial charge on any atom is 0.244 e. The number of fused-ring (bicyclic) bond motifs is 1. The molecule has 0 spiro atoms. The van der Waals surface area contributed by atoms with E-state index in [4.69, 9.17) is 11.5 Å². The van der Waals surface area contributed by atoms with Gasteiger partial charge in [-0.25, -0.2) is 13.4 Å². The molecule has 9 nitrogen and oxygen atoms in total. The first-order valence-corrected chi connectivity index (χ1v) is 11.8. The highest BCUT2D eigenvalue weighted by atomic mass is 32.2. The van der Waals surface area contributed by atoms with Crippen molar-refractivity contribution in [3.63, 3.8) is 0 Å². The fourth-order valence-corrected chi connectivity index (χ4v) is 6.59. The predicted molar refractivity (Wildman–Crippen MR) is 115 cm³/mol. The van der Waals surface area contributed by atoms with E-state index in [-0.39, 0.29) is 17.8 Å². The van der Waals surface area contributed by atoms with E-state index in [0.717, 1.165) is 5.56 Å². The molecule has 0 radical (unpaired) electrons. The molecule has 3 heterocycles. The van der Waals surface area contributed by atoms with E-state index in [2.05, 4.69) is 28.8 Å². The van der Waals surface area contributed by atoms with Gasteiger partial charge in [0.2, 0.25) is 16.0 Å². The van der Waals surface area contributed by atoms with Gasteiger partial charge in [-0.3, -0.25) is 0 Å². The summed E-state index contributed by atoms with van der Waals surface area (Å²) in [5.74, 6) is 1.70. The van der Waals surface area contributed by atoms with Gasteiger partial charge in [-0.05, 0) is 23.6 Å². The Bertz CT molecular complexity index is 1140. The van der Waals surface area contributed by atoms with E-state index in [9.17, 15) is 8.42 Å². The van der Waals surface area contributed by atoms with Crippen LogP contribution in [0.15, 0.2) is 35.5 Å². The second-order valence-electron chi connectivity index (χ2n) is 7.31. The molecule has 1 aliphatic rings. The van der Waals surface area contributed by atoms with Crippen LogP contribution in [0.1, 0.15) is 25.3 Å². The lowest BCUT2D eigenvalue weighted by Crippen LogP contribution is -2.39. The van der Waals surface area contributed by atoms with Crippen LogP contribution in [0.2, 0.25) is 0 Å². The maximum absolute atomic E-state index is 13.2. The van der Waals surface area contributed by atoms with Crippen molar-refractivity contribution in [1.82, 2.24) is 23.8 Å². The van der Waals surface area contributed by atoms with Crippen molar-refractivity contribution in [3.8, 4) is 0 Å². The Kier molecular flexibility index (Phi) is 5.13. The molecule has 0 aliphatic carbocycles. The zero-order valence-electron chi connectivity index (χ0n) is 16.2. The molecule has 1 aliphatic heterocycles. The summed E-state index contributed by atoms with van der Waals surface area (Å²) in [4.78, 5) is 12.7. The summed E-state index contributed by atoms with van der Waals surface area (Å²) in [7, 11) is -3.61. The number of nitrogen functional groups attached to an aromatic ring is 2. The lowest BCUT2D eigenvalue weighted by Gasteiger charge is -2.24. The van der Waals surface area contributed by atoms with Crippen LogP contribution in [0.5, 0.6) is 0 Å². The summed E-state index contributed by atoms with van der Waals surface area (Å²) < 4.78 is 29.8. The number of nitrogens with two attached hydrogens (primary N) is 2. The highest BCUT2D eigenvalue weighted by Crippen LogP contribution is 2.30. The molecule has 29 heavy (non-hydrogen) atoms. The van der Waals surface area contributed by atoms with E-state index < -0.39 is 10.0 Å². The molecule has 3 aromatic rings. The van der Waals surface area contributed by atoms with E-state index in [1.54, 1.807) is 39.1 Å². The number of sulfonamides is 1. The molecule has 4 N–H and O–H groups in total. The normalized spacial score (nSPS) is 18.1. The van der Waals surface area contributed by atoms with Crippen molar-refractivity contribution in [2.45, 2.75) is 37.2 Å². The molecule has 0 amide bonds. The highest BCUT2D eigenvalue weighted by Gasteiger charge is 2.36. The summed E-state index contributed by atoms with van der Waals surface area (Å²) in [6.45, 7) is 4.56. The minimum Gasteiger partial charge on any atom is -0.382 e. The Morgan fingerprint density at radius 3 is 2.62 bits per heavy atom. The van der Waals surface area contributed by atoms with Gasteiger partial charge in [-0.2, -0.15) is 14.3 Å². The number of imidazole rings is 1. The SMILES string of the molecule is CC(C)c1ccc(S(=O)(=O)N2CSC[C@@H]2Cn2cnc3c(N)nc(N)nc32)cc1. The molecule has 4 rings (SSSR count). The van der Waals surface area contributed by atoms with Gasteiger partial charge in [0.25, 0.3) is 0 Å². The molecule has 2 aromatic heterocycles. The zero-order valence-corrected chi connectivity index (χ0v) is 17.8. The number of hydrogen-bond donors (Lipinski definition) is 2. The third kappa shape index (κ3) is 3.65. The van der Waals surface area contributed by atoms with Crippen molar-refractivity contribution < 1.29 is 8.42 Å². The van der Waals surface area contributed by atoms with Gasteiger partial charge in [0.15, 0.2) is 11.5 Å². The number of benzene rings is 1. The van der Waals surface area contributed by atoms with E-state index in [1.165, 1.54) is 0 Å². The maximum atomic E-state index is 13.2. The van der Waals surface area contributed by atoms with Crippen LogP contribution in [0, 0.1) is 0 Å². The number of rotatable bonds is 5. The largest absolute Gasteiger partial charge is 0.382 e. The lowest BCUT2D eigenvalue weighted by molar-refractivity contribution is 0.365. The average molecular weight is 434 g/mol. The topological polar surface area (TPSA) is 133 Å². The van der Waals surface area contributed by atoms with Crippen LogP contribution in [-0.2, 0) is 16.6 Å². The quantitative estimate of drug-likeness (QED) is 0.623. The van der Waals surface area contributed by atoms with Crippen LogP contribution < -0.4 is 11.5 Å². The third-order valence-electron chi connectivity index (χ3n) is 5.00. The molecule has 1 saturated heterocycles. The van der Waals surface area contributed by atoms with E-state index in [0.29, 0.717) is 40.2 Å². The Hall–Kier alpha value is -2.37. The van der Waals surface area contributed by atoms with Crippen molar-refractivity contribution in [2.24, 2.45) is 0 Å². The first kappa shape index (κ1) is 19.9. The molecule has 1 aromatic carbocycles. The summed E-state index contributed by atoms with van der Waals surface area (Å²) in [6, 6.07) is 6.89. The minimum atomic E-state index is -3.61. The van der Waals surface area contributed by atoms with Gasteiger partial charge in [0, 0.05) is 12.3 Å². The van der Waals surface area contributed by atoms with Crippen LogP contribution in [-0.4, -0.2) is 49.9 Å². The smallest absolute Gasteiger partial charge is 0.244 e. The molecule has 0 saturated carbocycles. The van der Waals surface area contributed by atoms with Crippen molar-refractivity contribution >= 4 is 44.7 Å². The van der Waals surface area contributed by atoms with Gasteiger partial charge < -0.3 is 16.0 Å². The number of nitrogens with zero attached hydrogens (tertiary/aromatic N) is 5. The minimum absolute atomic E-state index is 0.0623. The summed E-state index contributed by atoms with van der Waals surface area (Å²) in [5, 5.41) is 0. The molecule has 11 heteroatoms.